The van der Waals surface area contributed by atoms with Crippen molar-refractivity contribution in [3.05, 3.63) is 62.3 Å². The molecule has 0 amide bonds. The molecule has 2 aromatic rings. The summed E-state index contributed by atoms with van der Waals surface area (Å²) in [7, 11) is 1.67. The van der Waals surface area contributed by atoms with Gasteiger partial charge in [0.1, 0.15) is 5.82 Å². The summed E-state index contributed by atoms with van der Waals surface area (Å²) in [6.07, 6.45) is 0. The first kappa shape index (κ1) is 16.5. The van der Waals surface area contributed by atoms with Crippen molar-refractivity contribution in [2.75, 3.05) is 12.4 Å². The summed E-state index contributed by atoms with van der Waals surface area (Å²) in [5, 5.41) is 3.45. The van der Waals surface area contributed by atoms with Crippen LogP contribution in [0.1, 0.15) is 24.1 Å². The van der Waals surface area contributed by atoms with Gasteiger partial charge in [0.05, 0.1) is 11.1 Å². The monoisotopic (exact) mass is 415 g/mol. The van der Waals surface area contributed by atoms with Gasteiger partial charge in [-0.3, -0.25) is 0 Å². The molecule has 0 saturated heterocycles. The Bertz CT molecular complexity index is 634. The van der Waals surface area contributed by atoms with Crippen molar-refractivity contribution in [3.63, 3.8) is 0 Å². The van der Waals surface area contributed by atoms with E-state index in [1.165, 1.54) is 6.07 Å². The predicted octanol–water partition coefficient (Wildman–Crippen LogP) is 5.67. The Kier molecular flexibility index (Phi) is 5.79. The Hall–Kier alpha value is -0.910. The van der Waals surface area contributed by atoms with Gasteiger partial charge in [-0.2, -0.15) is 0 Å². The van der Waals surface area contributed by atoms with E-state index >= 15 is 0 Å². The van der Waals surface area contributed by atoms with Gasteiger partial charge in [0.25, 0.3) is 0 Å². The van der Waals surface area contributed by atoms with Crippen LogP contribution in [-0.2, 0) is 11.3 Å². The minimum absolute atomic E-state index is 0.0480. The van der Waals surface area contributed by atoms with E-state index < -0.39 is 0 Å². The number of methoxy groups -OCH3 is 1. The summed E-state index contributed by atoms with van der Waals surface area (Å²) in [5.74, 6) is -0.256. The first-order valence-electron chi connectivity index (χ1n) is 6.50. The lowest BCUT2D eigenvalue weighted by atomic mass is 10.1. The second-order valence-electron chi connectivity index (χ2n) is 4.74. The van der Waals surface area contributed by atoms with Crippen LogP contribution in [-0.4, -0.2) is 7.11 Å². The van der Waals surface area contributed by atoms with E-state index in [4.69, 9.17) is 4.74 Å². The van der Waals surface area contributed by atoms with Crippen molar-refractivity contribution in [3.8, 4) is 0 Å². The number of nitrogens with one attached hydrogen (secondary N) is 1. The van der Waals surface area contributed by atoms with Gasteiger partial charge in [-0.25, -0.2) is 4.39 Å². The van der Waals surface area contributed by atoms with Crippen molar-refractivity contribution in [2.24, 2.45) is 0 Å². The van der Waals surface area contributed by atoms with E-state index in [1.54, 1.807) is 19.2 Å². The van der Waals surface area contributed by atoms with Crippen LogP contribution in [0.3, 0.4) is 0 Å². The summed E-state index contributed by atoms with van der Waals surface area (Å²) >= 11 is 6.76. The maximum atomic E-state index is 13.3. The molecule has 0 bridgehead atoms. The van der Waals surface area contributed by atoms with Crippen LogP contribution in [0.15, 0.2) is 45.3 Å². The highest BCUT2D eigenvalue weighted by Crippen LogP contribution is 2.29. The van der Waals surface area contributed by atoms with Crippen LogP contribution in [0.25, 0.3) is 0 Å². The van der Waals surface area contributed by atoms with Gasteiger partial charge in [0.2, 0.25) is 0 Å². The molecule has 0 aliphatic rings. The number of ether oxygens (including phenoxy) is 1. The molecule has 1 unspecified atom stereocenters. The Labute approximate surface area is 141 Å². The van der Waals surface area contributed by atoms with Gasteiger partial charge in [0.15, 0.2) is 0 Å². The molecular weight excluding hydrogens is 401 g/mol. The minimum atomic E-state index is -0.256. The van der Waals surface area contributed by atoms with Crippen LogP contribution < -0.4 is 5.32 Å². The van der Waals surface area contributed by atoms with E-state index in [9.17, 15) is 4.39 Å². The van der Waals surface area contributed by atoms with Crippen LogP contribution in [0.5, 0.6) is 0 Å². The van der Waals surface area contributed by atoms with E-state index in [0.717, 1.165) is 21.3 Å². The van der Waals surface area contributed by atoms with Gasteiger partial charge >= 0.3 is 0 Å². The zero-order valence-electron chi connectivity index (χ0n) is 11.8. The second-order valence-corrected chi connectivity index (χ2v) is 6.45. The third-order valence-corrected chi connectivity index (χ3v) is 4.57. The Morgan fingerprint density at radius 3 is 2.62 bits per heavy atom. The highest BCUT2D eigenvalue weighted by Gasteiger charge is 2.12. The van der Waals surface area contributed by atoms with E-state index in [2.05, 4.69) is 37.2 Å². The second kappa shape index (κ2) is 7.38. The molecule has 1 N–H and O–H groups in total. The van der Waals surface area contributed by atoms with E-state index in [0.29, 0.717) is 11.1 Å². The summed E-state index contributed by atoms with van der Waals surface area (Å²) in [4.78, 5) is 0. The molecule has 2 aromatic carbocycles. The summed E-state index contributed by atoms with van der Waals surface area (Å²) < 4.78 is 20.0. The highest BCUT2D eigenvalue weighted by molar-refractivity contribution is 9.10. The van der Waals surface area contributed by atoms with Gasteiger partial charge < -0.3 is 10.1 Å². The standard InChI is InChI=1S/C16H16Br2FNO/c1-10(11-6-7-15(19)14(18)8-11)20-16-5-3-4-13(17)12(16)9-21-2/h3-8,10,20H,9H2,1-2H3. The molecule has 2 nitrogen and oxygen atoms in total. The lowest BCUT2D eigenvalue weighted by molar-refractivity contribution is 0.185. The molecule has 0 aromatic heterocycles. The third-order valence-electron chi connectivity index (χ3n) is 3.22. The average molecular weight is 417 g/mol. The first-order chi connectivity index (χ1) is 10.0. The Balaban J connectivity index is 2.24. The number of hydrogen-bond donors (Lipinski definition) is 1. The van der Waals surface area contributed by atoms with Crippen molar-refractivity contribution >= 4 is 37.5 Å². The number of rotatable bonds is 5. The topological polar surface area (TPSA) is 21.3 Å². The third kappa shape index (κ3) is 4.05. The van der Waals surface area contributed by atoms with E-state index in [1.807, 2.05) is 25.1 Å². The lowest BCUT2D eigenvalue weighted by Crippen LogP contribution is -2.09. The molecule has 21 heavy (non-hydrogen) atoms. The number of halogens is 3. The predicted molar refractivity (Wildman–Crippen MR) is 91.0 cm³/mol. The number of anilines is 1. The van der Waals surface area contributed by atoms with E-state index in [-0.39, 0.29) is 11.9 Å². The number of benzene rings is 2. The molecule has 1 atom stereocenters. The smallest absolute Gasteiger partial charge is 0.137 e. The van der Waals surface area contributed by atoms with Crippen LogP contribution in [0.4, 0.5) is 10.1 Å². The molecule has 0 fully saturated rings. The lowest BCUT2D eigenvalue weighted by Gasteiger charge is -2.19. The summed E-state index contributed by atoms with van der Waals surface area (Å²) in [5.41, 5.74) is 3.07. The molecule has 0 saturated carbocycles. The van der Waals surface area contributed by atoms with Gasteiger partial charge in [-0.1, -0.05) is 28.1 Å². The minimum Gasteiger partial charge on any atom is -0.380 e. The summed E-state index contributed by atoms with van der Waals surface area (Å²) in [6, 6.07) is 11.1. The molecule has 0 radical (unpaired) electrons. The van der Waals surface area contributed by atoms with Crippen LogP contribution >= 0.6 is 31.9 Å². The SMILES string of the molecule is COCc1c(Br)cccc1NC(C)c1ccc(F)c(Br)c1. The zero-order valence-corrected chi connectivity index (χ0v) is 15.0. The van der Waals surface area contributed by atoms with Crippen molar-refractivity contribution in [2.45, 2.75) is 19.6 Å². The summed E-state index contributed by atoms with van der Waals surface area (Å²) in [6.45, 7) is 2.56. The van der Waals surface area contributed by atoms with Crippen molar-refractivity contribution < 1.29 is 9.13 Å². The van der Waals surface area contributed by atoms with Crippen LogP contribution in [0, 0.1) is 5.82 Å². The molecule has 0 aliphatic heterocycles. The van der Waals surface area contributed by atoms with Gasteiger partial charge in [0, 0.05) is 28.9 Å². The molecule has 2 rings (SSSR count). The first-order valence-corrected chi connectivity index (χ1v) is 8.09. The molecule has 0 heterocycles. The molecule has 0 aliphatic carbocycles. The normalized spacial score (nSPS) is 12.2. The average Bonchev–Trinajstić information content (AvgIpc) is 2.45. The van der Waals surface area contributed by atoms with Crippen molar-refractivity contribution in [1.29, 1.82) is 0 Å². The van der Waals surface area contributed by atoms with Crippen LogP contribution in [0.2, 0.25) is 0 Å². The Morgan fingerprint density at radius 1 is 1.19 bits per heavy atom. The molecule has 112 valence electrons. The van der Waals surface area contributed by atoms with Gasteiger partial charge in [-0.05, 0) is 52.7 Å². The number of hydrogen-bond acceptors (Lipinski definition) is 2. The molecular formula is C16H16Br2FNO. The van der Waals surface area contributed by atoms with Gasteiger partial charge in [-0.15, -0.1) is 0 Å². The van der Waals surface area contributed by atoms with Crippen molar-refractivity contribution in [1.82, 2.24) is 0 Å². The maximum absolute atomic E-state index is 13.3. The quantitative estimate of drug-likeness (QED) is 0.677. The maximum Gasteiger partial charge on any atom is 0.137 e. The largest absolute Gasteiger partial charge is 0.380 e. The Morgan fingerprint density at radius 2 is 1.95 bits per heavy atom. The molecule has 0 spiro atoms. The fourth-order valence-corrected chi connectivity index (χ4v) is 2.96. The highest BCUT2D eigenvalue weighted by atomic mass is 79.9. The molecule has 5 heteroatoms. The fraction of sp³-hybridized carbons (Fsp3) is 0.250. The zero-order chi connectivity index (χ0) is 15.4. The fourth-order valence-electron chi connectivity index (χ4n) is 2.08.